The van der Waals surface area contributed by atoms with Gasteiger partial charge in [0.25, 0.3) is 0 Å². The number of hydrogen-bond acceptors (Lipinski definition) is 3. The van der Waals surface area contributed by atoms with E-state index in [9.17, 15) is 9.90 Å². The van der Waals surface area contributed by atoms with Gasteiger partial charge in [-0.05, 0) is 48.9 Å². The Morgan fingerprint density at radius 2 is 2.38 bits per heavy atom. The number of amides is 2. The molecule has 1 aromatic rings. The highest BCUT2D eigenvalue weighted by Gasteiger charge is 2.23. The molecule has 0 saturated carbocycles. The van der Waals surface area contributed by atoms with E-state index < -0.39 is 0 Å². The lowest BCUT2D eigenvalue weighted by Crippen LogP contribution is -2.43. The van der Waals surface area contributed by atoms with Gasteiger partial charge in [0.1, 0.15) is 0 Å². The summed E-state index contributed by atoms with van der Waals surface area (Å²) in [4.78, 5) is 14.1. The number of benzene rings is 1. The van der Waals surface area contributed by atoms with E-state index >= 15 is 0 Å². The lowest BCUT2D eigenvalue weighted by Gasteiger charge is -2.32. The molecule has 1 aliphatic heterocycles. The van der Waals surface area contributed by atoms with Crippen LogP contribution >= 0.6 is 0 Å². The molecular formula is C16H21N3O2. The van der Waals surface area contributed by atoms with Crippen molar-refractivity contribution in [2.75, 3.05) is 25.0 Å². The second kappa shape index (κ2) is 7.09. The molecule has 0 spiro atoms. The Labute approximate surface area is 125 Å². The van der Waals surface area contributed by atoms with Crippen molar-refractivity contribution in [3.63, 3.8) is 0 Å². The van der Waals surface area contributed by atoms with E-state index in [1.54, 1.807) is 17.0 Å². The number of carbonyl (C=O) groups is 1. The normalized spacial score (nSPS) is 18.1. The van der Waals surface area contributed by atoms with Crippen LogP contribution in [0.25, 0.3) is 0 Å². The maximum Gasteiger partial charge on any atom is 0.321 e. The fraction of sp³-hybridized carbons (Fsp3) is 0.500. The van der Waals surface area contributed by atoms with Crippen LogP contribution in [0.1, 0.15) is 30.9 Å². The van der Waals surface area contributed by atoms with E-state index in [-0.39, 0.29) is 18.6 Å². The number of carbonyl (C=O) groups excluding carboxylic acids is 1. The van der Waals surface area contributed by atoms with E-state index in [1.165, 1.54) is 0 Å². The summed E-state index contributed by atoms with van der Waals surface area (Å²) in [5.74, 6) is 0.177. The molecule has 0 unspecified atom stereocenters. The van der Waals surface area contributed by atoms with Crippen LogP contribution in [0.15, 0.2) is 18.2 Å². The summed E-state index contributed by atoms with van der Waals surface area (Å²) in [5, 5.41) is 21.1. The van der Waals surface area contributed by atoms with Crippen LogP contribution < -0.4 is 5.32 Å². The van der Waals surface area contributed by atoms with Crippen molar-refractivity contribution in [3.8, 4) is 6.07 Å². The second-order valence-electron chi connectivity index (χ2n) is 5.40. The zero-order valence-electron chi connectivity index (χ0n) is 12.3. The summed E-state index contributed by atoms with van der Waals surface area (Å²) >= 11 is 0. The van der Waals surface area contributed by atoms with Gasteiger partial charge >= 0.3 is 6.03 Å². The van der Waals surface area contributed by atoms with Gasteiger partial charge in [0.15, 0.2) is 0 Å². The number of aryl methyl sites for hydroxylation is 1. The van der Waals surface area contributed by atoms with E-state index in [4.69, 9.17) is 5.26 Å². The molecule has 2 N–H and O–H groups in total. The number of piperidine rings is 1. The third-order valence-electron chi connectivity index (χ3n) is 3.92. The molecule has 2 rings (SSSR count). The van der Waals surface area contributed by atoms with Crippen LogP contribution in [0.3, 0.4) is 0 Å². The molecule has 1 saturated heterocycles. The zero-order valence-corrected chi connectivity index (χ0v) is 12.3. The monoisotopic (exact) mass is 287 g/mol. The Bertz CT molecular complexity index is 551. The van der Waals surface area contributed by atoms with Crippen molar-refractivity contribution in [3.05, 3.63) is 29.3 Å². The van der Waals surface area contributed by atoms with Gasteiger partial charge in [-0.1, -0.05) is 6.92 Å². The summed E-state index contributed by atoms with van der Waals surface area (Å²) in [5.41, 5.74) is 2.31. The average Bonchev–Trinajstić information content (AvgIpc) is 2.55. The number of aliphatic hydroxyl groups excluding tert-OH is 1. The van der Waals surface area contributed by atoms with Crippen molar-refractivity contribution in [2.45, 2.75) is 26.2 Å². The number of nitrogens with zero attached hydrogens (tertiary/aromatic N) is 2. The predicted octanol–water partition coefficient (Wildman–Crippen LogP) is 2.36. The second-order valence-corrected chi connectivity index (χ2v) is 5.40. The van der Waals surface area contributed by atoms with E-state index in [0.29, 0.717) is 12.1 Å². The summed E-state index contributed by atoms with van der Waals surface area (Å²) < 4.78 is 0. The molecule has 1 fully saturated rings. The lowest BCUT2D eigenvalue weighted by atomic mass is 9.99. The van der Waals surface area contributed by atoms with Gasteiger partial charge < -0.3 is 15.3 Å². The van der Waals surface area contributed by atoms with Crippen molar-refractivity contribution in [1.82, 2.24) is 4.90 Å². The molecule has 5 nitrogen and oxygen atoms in total. The first-order valence-electron chi connectivity index (χ1n) is 7.37. The Morgan fingerprint density at radius 1 is 1.57 bits per heavy atom. The summed E-state index contributed by atoms with van der Waals surface area (Å²) in [6.45, 7) is 3.44. The molecule has 5 heteroatoms. The fourth-order valence-corrected chi connectivity index (χ4v) is 2.67. The quantitative estimate of drug-likeness (QED) is 0.896. The maximum atomic E-state index is 12.3. The van der Waals surface area contributed by atoms with Crippen molar-refractivity contribution >= 4 is 11.7 Å². The van der Waals surface area contributed by atoms with Gasteiger partial charge in [-0.25, -0.2) is 4.79 Å². The molecule has 1 aliphatic rings. The highest BCUT2D eigenvalue weighted by molar-refractivity contribution is 5.90. The van der Waals surface area contributed by atoms with Gasteiger partial charge in [0, 0.05) is 25.4 Å². The fourth-order valence-electron chi connectivity index (χ4n) is 2.67. The summed E-state index contributed by atoms with van der Waals surface area (Å²) in [6, 6.07) is 7.27. The van der Waals surface area contributed by atoms with Crippen LogP contribution in [-0.2, 0) is 6.42 Å². The van der Waals surface area contributed by atoms with E-state index in [0.717, 1.165) is 37.1 Å². The number of likely N-dealkylation sites (tertiary alicyclic amines) is 1. The molecule has 1 aromatic carbocycles. The van der Waals surface area contributed by atoms with E-state index in [2.05, 4.69) is 11.4 Å². The van der Waals surface area contributed by atoms with Crippen molar-refractivity contribution in [1.29, 1.82) is 5.26 Å². The number of hydrogen-bond donors (Lipinski definition) is 2. The van der Waals surface area contributed by atoms with Crippen molar-refractivity contribution in [2.24, 2.45) is 5.92 Å². The average molecular weight is 287 g/mol. The molecule has 0 aromatic heterocycles. The van der Waals surface area contributed by atoms with Gasteiger partial charge in [0.05, 0.1) is 11.6 Å². The van der Waals surface area contributed by atoms with Crippen LogP contribution in [-0.4, -0.2) is 35.7 Å². The summed E-state index contributed by atoms with van der Waals surface area (Å²) in [6.07, 6.45) is 2.65. The third-order valence-corrected chi connectivity index (χ3v) is 3.92. The molecule has 0 radical (unpaired) electrons. The minimum atomic E-state index is -0.132. The molecule has 0 bridgehead atoms. The molecule has 0 aliphatic carbocycles. The standard InChI is InChI=1S/C16H21N3O2/c1-2-14-8-12(9-17)5-6-15(14)18-16(21)19-7-3-4-13(10-19)11-20/h5-6,8,13,20H,2-4,7,10-11H2,1H3,(H,18,21)/t13-/m1/s1. The molecule has 1 atom stereocenters. The first-order valence-corrected chi connectivity index (χ1v) is 7.37. The van der Waals surface area contributed by atoms with Crippen LogP contribution in [0, 0.1) is 17.2 Å². The molecule has 2 amide bonds. The number of aliphatic hydroxyl groups is 1. The SMILES string of the molecule is CCc1cc(C#N)ccc1NC(=O)N1CCC[C@@H](CO)C1. The Hall–Kier alpha value is -2.06. The Kier molecular flexibility index (Phi) is 5.18. The maximum absolute atomic E-state index is 12.3. The smallest absolute Gasteiger partial charge is 0.321 e. The highest BCUT2D eigenvalue weighted by Crippen LogP contribution is 2.21. The number of anilines is 1. The molecule has 21 heavy (non-hydrogen) atoms. The number of nitrogens with one attached hydrogen (secondary N) is 1. The molecule has 1 heterocycles. The first-order chi connectivity index (χ1) is 10.2. The lowest BCUT2D eigenvalue weighted by molar-refractivity contribution is 0.136. The Balaban J connectivity index is 2.07. The van der Waals surface area contributed by atoms with Crippen molar-refractivity contribution < 1.29 is 9.90 Å². The summed E-state index contributed by atoms with van der Waals surface area (Å²) in [7, 11) is 0. The highest BCUT2D eigenvalue weighted by atomic mass is 16.3. The van der Waals surface area contributed by atoms with Crippen LogP contribution in [0.2, 0.25) is 0 Å². The number of nitriles is 1. The molecular weight excluding hydrogens is 266 g/mol. The van der Waals surface area contributed by atoms with Gasteiger partial charge in [-0.3, -0.25) is 0 Å². The van der Waals surface area contributed by atoms with Crippen LogP contribution in [0.4, 0.5) is 10.5 Å². The minimum absolute atomic E-state index is 0.126. The Morgan fingerprint density at radius 3 is 3.05 bits per heavy atom. The van der Waals surface area contributed by atoms with Gasteiger partial charge in [0.2, 0.25) is 0 Å². The van der Waals surface area contributed by atoms with Gasteiger partial charge in [-0.2, -0.15) is 5.26 Å². The predicted molar refractivity (Wildman–Crippen MR) is 80.9 cm³/mol. The third kappa shape index (κ3) is 3.73. The number of urea groups is 1. The topological polar surface area (TPSA) is 76.4 Å². The zero-order chi connectivity index (χ0) is 15.2. The van der Waals surface area contributed by atoms with Gasteiger partial charge in [-0.15, -0.1) is 0 Å². The first kappa shape index (κ1) is 15.3. The van der Waals surface area contributed by atoms with E-state index in [1.807, 2.05) is 13.0 Å². The minimum Gasteiger partial charge on any atom is -0.396 e. The molecule has 112 valence electrons. The van der Waals surface area contributed by atoms with Crippen LogP contribution in [0.5, 0.6) is 0 Å². The largest absolute Gasteiger partial charge is 0.396 e. The number of rotatable bonds is 3.